The molecule has 0 unspecified atom stereocenters. The zero-order valence-corrected chi connectivity index (χ0v) is 18.4. The van der Waals surface area contributed by atoms with Crippen molar-refractivity contribution in [2.45, 2.75) is 33.2 Å². The van der Waals surface area contributed by atoms with Crippen molar-refractivity contribution < 1.29 is 19.1 Å². The van der Waals surface area contributed by atoms with Gasteiger partial charge in [0.1, 0.15) is 6.54 Å². The maximum atomic E-state index is 13.6. The van der Waals surface area contributed by atoms with Crippen molar-refractivity contribution in [3.05, 3.63) is 59.7 Å². The summed E-state index contributed by atoms with van der Waals surface area (Å²) in [4.78, 5) is 40.5. The number of carbonyl (C=O) groups is 3. The molecule has 0 aromatic heterocycles. The third kappa shape index (κ3) is 4.72. The second kappa shape index (κ2) is 9.96. The largest absolute Gasteiger partial charge is 0.466 e. The minimum absolute atomic E-state index is 0.0291. The minimum Gasteiger partial charge on any atom is -0.466 e. The molecule has 1 aliphatic heterocycles. The fourth-order valence-corrected chi connectivity index (χ4v) is 3.70. The van der Waals surface area contributed by atoms with Gasteiger partial charge in [-0.05, 0) is 57.2 Å². The van der Waals surface area contributed by atoms with Crippen LogP contribution in [0.15, 0.2) is 48.5 Å². The quantitative estimate of drug-likeness (QED) is 0.622. The van der Waals surface area contributed by atoms with Crippen molar-refractivity contribution in [2.75, 3.05) is 29.6 Å². The molecular formula is C24H26N4O4. The zero-order valence-electron chi connectivity index (χ0n) is 18.4. The van der Waals surface area contributed by atoms with Gasteiger partial charge in [0, 0.05) is 6.04 Å². The molecule has 2 amide bonds. The van der Waals surface area contributed by atoms with Crippen molar-refractivity contribution in [3.63, 3.8) is 0 Å². The third-order valence-electron chi connectivity index (χ3n) is 5.12. The van der Waals surface area contributed by atoms with E-state index in [9.17, 15) is 14.4 Å². The smallest absolute Gasteiger partial charge is 0.307 e. The summed E-state index contributed by atoms with van der Waals surface area (Å²) in [6, 6.07) is 15.6. The van der Waals surface area contributed by atoms with Gasteiger partial charge >= 0.3 is 5.97 Å². The van der Waals surface area contributed by atoms with Crippen molar-refractivity contribution in [1.29, 1.82) is 5.26 Å². The lowest BCUT2D eigenvalue weighted by Gasteiger charge is -2.35. The highest BCUT2D eigenvalue weighted by Crippen LogP contribution is 2.29. The first kappa shape index (κ1) is 22.8. The molecule has 1 heterocycles. The lowest BCUT2D eigenvalue weighted by molar-refractivity contribution is -0.142. The minimum atomic E-state index is -0.399. The Balaban J connectivity index is 2.04. The zero-order chi connectivity index (χ0) is 23.3. The molecule has 0 saturated heterocycles. The van der Waals surface area contributed by atoms with Crippen LogP contribution >= 0.6 is 0 Å². The Kier molecular flexibility index (Phi) is 7.11. The second-order valence-electron chi connectivity index (χ2n) is 7.57. The van der Waals surface area contributed by atoms with Crippen LogP contribution in [0.5, 0.6) is 0 Å². The summed E-state index contributed by atoms with van der Waals surface area (Å²) in [5, 5.41) is 12.1. The van der Waals surface area contributed by atoms with Gasteiger partial charge in [-0.1, -0.05) is 12.1 Å². The number of fused-ring (bicyclic) bond motifs is 1. The van der Waals surface area contributed by atoms with Crippen LogP contribution < -0.4 is 9.91 Å². The summed E-state index contributed by atoms with van der Waals surface area (Å²) in [5.41, 5.74) is 2.02. The molecule has 8 heteroatoms. The Hall–Kier alpha value is -3.86. The highest BCUT2D eigenvalue weighted by molar-refractivity contribution is 6.10. The molecule has 0 atom stereocenters. The molecule has 0 radical (unpaired) electrons. The van der Waals surface area contributed by atoms with Gasteiger partial charge in [0.05, 0.1) is 48.1 Å². The maximum absolute atomic E-state index is 13.6. The van der Waals surface area contributed by atoms with Gasteiger partial charge < -0.3 is 9.64 Å². The first-order valence-electron chi connectivity index (χ1n) is 10.5. The highest BCUT2D eigenvalue weighted by atomic mass is 16.5. The molecule has 2 aromatic carbocycles. The average Bonchev–Trinajstić information content (AvgIpc) is 2.89. The summed E-state index contributed by atoms with van der Waals surface area (Å²) in [5.74, 6) is -0.970. The first-order valence-corrected chi connectivity index (χ1v) is 10.5. The van der Waals surface area contributed by atoms with Crippen molar-refractivity contribution in [2.24, 2.45) is 0 Å². The van der Waals surface area contributed by atoms with E-state index >= 15 is 0 Å². The maximum Gasteiger partial charge on any atom is 0.307 e. The molecule has 0 saturated carbocycles. The third-order valence-corrected chi connectivity index (χ3v) is 5.12. The van der Waals surface area contributed by atoms with E-state index in [0.29, 0.717) is 22.5 Å². The molecular weight excluding hydrogens is 408 g/mol. The Morgan fingerprint density at radius 2 is 1.84 bits per heavy atom. The van der Waals surface area contributed by atoms with E-state index in [1.165, 1.54) is 5.01 Å². The first-order chi connectivity index (χ1) is 15.4. The van der Waals surface area contributed by atoms with E-state index in [0.717, 1.165) is 0 Å². The number of para-hydroxylation sites is 1. The Bertz CT molecular complexity index is 1040. The molecule has 8 nitrogen and oxygen atoms in total. The topological polar surface area (TPSA) is 93.9 Å². The molecule has 2 aromatic rings. The number of benzene rings is 2. The van der Waals surface area contributed by atoms with E-state index in [1.807, 2.05) is 13.8 Å². The summed E-state index contributed by atoms with van der Waals surface area (Å²) >= 11 is 0. The van der Waals surface area contributed by atoms with Crippen molar-refractivity contribution >= 4 is 29.2 Å². The Morgan fingerprint density at radius 1 is 1.16 bits per heavy atom. The fraction of sp³-hybridized carbons (Fsp3) is 0.333. The van der Waals surface area contributed by atoms with Gasteiger partial charge in [-0.2, -0.15) is 5.26 Å². The van der Waals surface area contributed by atoms with Gasteiger partial charge in [-0.15, -0.1) is 0 Å². The summed E-state index contributed by atoms with van der Waals surface area (Å²) in [7, 11) is 0. The number of rotatable bonds is 7. The number of hydrogen-bond acceptors (Lipinski definition) is 6. The van der Waals surface area contributed by atoms with Crippen LogP contribution in [0.1, 0.15) is 43.1 Å². The van der Waals surface area contributed by atoms with Crippen LogP contribution in [0.4, 0.5) is 11.4 Å². The van der Waals surface area contributed by atoms with Crippen LogP contribution in [-0.4, -0.2) is 48.5 Å². The molecule has 0 bridgehead atoms. The standard InChI is InChI=1S/C24H26N4O4/c1-4-32-23(30)13-14-26(19-11-9-18(15-25)10-12-19)27-16-22(29)28(17(2)3)21-8-6-5-7-20(21)24(27)31/h5-12,17H,4,13-14,16H2,1-3H3. The van der Waals surface area contributed by atoms with Crippen LogP contribution in [0, 0.1) is 11.3 Å². The van der Waals surface area contributed by atoms with E-state index in [-0.39, 0.29) is 44.0 Å². The van der Waals surface area contributed by atoms with Crippen LogP contribution in [0.2, 0.25) is 0 Å². The summed E-state index contributed by atoms with van der Waals surface area (Å²) in [6.45, 7) is 5.72. The SMILES string of the molecule is CCOC(=O)CCN(c1ccc(C#N)cc1)N1CC(=O)N(C(C)C)c2ccccc2C1=O. The van der Waals surface area contributed by atoms with Crippen LogP contribution in [0.25, 0.3) is 0 Å². The monoisotopic (exact) mass is 434 g/mol. The van der Waals surface area contributed by atoms with Gasteiger partial charge in [-0.25, -0.2) is 5.01 Å². The second-order valence-corrected chi connectivity index (χ2v) is 7.57. The number of esters is 1. The fourth-order valence-electron chi connectivity index (χ4n) is 3.70. The normalized spacial score (nSPS) is 13.5. The average molecular weight is 434 g/mol. The lowest BCUT2D eigenvalue weighted by Crippen LogP contribution is -2.51. The number of hydrazine groups is 1. The van der Waals surface area contributed by atoms with E-state index in [4.69, 9.17) is 10.00 Å². The lowest BCUT2D eigenvalue weighted by atomic mass is 10.1. The molecule has 1 aliphatic rings. The number of nitriles is 1. The molecule has 0 spiro atoms. The summed E-state index contributed by atoms with van der Waals surface area (Å²) < 4.78 is 5.04. The number of ether oxygens (including phenoxy) is 1. The number of nitrogens with zero attached hydrogens (tertiary/aromatic N) is 4. The van der Waals surface area contributed by atoms with Crippen LogP contribution in [0.3, 0.4) is 0 Å². The van der Waals surface area contributed by atoms with Gasteiger partial charge in [0.15, 0.2) is 0 Å². The molecule has 32 heavy (non-hydrogen) atoms. The van der Waals surface area contributed by atoms with Gasteiger partial charge in [-0.3, -0.25) is 19.4 Å². The van der Waals surface area contributed by atoms with E-state index in [2.05, 4.69) is 6.07 Å². The number of hydrogen-bond donors (Lipinski definition) is 0. The molecule has 0 aliphatic carbocycles. The predicted molar refractivity (Wildman–Crippen MR) is 120 cm³/mol. The van der Waals surface area contributed by atoms with Crippen LogP contribution in [-0.2, 0) is 14.3 Å². The van der Waals surface area contributed by atoms with Gasteiger partial charge in [0.25, 0.3) is 5.91 Å². The molecule has 0 N–H and O–H groups in total. The number of anilines is 2. The van der Waals surface area contributed by atoms with E-state index in [1.54, 1.807) is 65.4 Å². The molecule has 166 valence electrons. The van der Waals surface area contributed by atoms with Gasteiger partial charge in [0.2, 0.25) is 5.91 Å². The van der Waals surface area contributed by atoms with E-state index < -0.39 is 5.97 Å². The van der Waals surface area contributed by atoms with Crippen molar-refractivity contribution in [3.8, 4) is 6.07 Å². The Labute approximate surface area is 187 Å². The highest BCUT2D eigenvalue weighted by Gasteiger charge is 2.35. The predicted octanol–water partition coefficient (Wildman–Crippen LogP) is 3.13. The number of amides is 2. The number of carbonyl (C=O) groups excluding carboxylic acids is 3. The molecule has 3 rings (SSSR count). The summed E-state index contributed by atoms with van der Waals surface area (Å²) in [6.07, 6.45) is 0.0291. The van der Waals surface area contributed by atoms with Crippen molar-refractivity contribution in [1.82, 2.24) is 5.01 Å². The Morgan fingerprint density at radius 3 is 2.47 bits per heavy atom. The molecule has 0 fully saturated rings.